The molecule has 306 valence electrons. The molecule has 5 aliphatic carbocycles. The molecule has 9 aromatic carbocycles. The van der Waals surface area contributed by atoms with Gasteiger partial charge >= 0.3 is 0 Å². The van der Waals surface area contributed by atoms with Crippen molar-refractivity contribution in [1.29, 1.82) is 0 Å². The average Bonchev–Trinajstić information content (AvgIpc) is 3.85. The number of rotatable bonds is 6. The Labute approximate surface area is 375 Å². The summed E-state index contributed by atoms with van der Waals surface area (Å²) in [4.78, 5) is 2.51. The number of anilines is 3. The van der Waals surface area contributed by atoms with E-state index in [2.05, 4.69) is 216 Å². The molecule has 0 saturated heterocycles. The normalized spacial score (nSPS) is 21.5. The highest BCUT2D eigenvalue weighted by atomic mass is 15.1. The Morgan fingerprint density at radius 2 is 0.969 bits per heavy atom. The Morgan fingerprint density at radius 3 is 1.78 bits per heavy atom. The number of benzene rings is 9. The summed E-state index contributed by atoms with van der Waals surface area (Å²) in [5, 5.41) is 4.96. The Balaban J connectivity index is 0.968. The maximum Gasteiger partial charge on any atom is 0.0562 e. The Bertz CT molecular complexity index is 3420. The molecular weight excluding hydrogens is 773 g/mol. The van der Waals surface area contributed by atoms with Crippen molar-refractivity contribution >= 4 is 49.6 Å². The molecule has 1 spiro atoms. The topological polar surface area (TPSA) is 8.17 Å². The van der Waals surface area contributed by atoms with Gasteiger partial charge in [-0.05, 0) is 160 Å². The highest BCUT2D eigenvalue weighted by molar-refractivity contribution is 6.18. The van der Waals surface area contributed by atoms with E-state index >= 15 is 0 Å². The third-order valence-corrected chi connectivity index (χ3v) is 16.2. The van der Waals surface area contributed by atoms with E-state index in [1.807, 2.05) is 0 Å². The van der Waals surface area contributed by atoms with E-state index in [0.717, 1.165) is 46.4 Å². The molecule has 4 bridgehead atoms. The van der Waals surface area contributed by atoms with Crippen molar-refractivity contribution in [3.05, 3.63) is 217 Å². The van der Waals surface area contributed by atoms with Crippen LogP contribution in [-0.4, -0.2) is 4.57 Å². The molecule has 4 fully saturated rings. The molecule has 0 aliphatic heterocycles. The first-order chi connectivity index (χ1) is 31.7. The lowest BCUT2D eigenvalue weighted by Gasteiger charge is -2.61. The van der Waals surface area contributed by atoms with Crippen LogP contribution in [0.4, 0.5) is 17.1 Å². The largest absolute Gasteiger partial charge is 0.309 e. The number of hydrogen-bond donors (Lipinski definition) is 0. The molecule has 15 rings (SSSR count). The lowest BCUT2D eigenvalue weighted by molar-refractivity contribution is -0.0399. The van der Waals surface area contributed by atoms with Gasteiger partial charge in [0.05, 0.1) is 22.4 Å². The Hall–Kier alpha value is -7.16. The minimum absolute atomic E-state index is 0.172. The number of fused-ring (bicyclic) bond motifs is 7. The minimum Gasteiger partial charge on any atom is -0.309 e. The molecule has 5 aliphatic rings. The van der Waals surface area contributed by atoms with Gasteiger partial charge in [-0.2, -0.15) is 0 Å². The second kappa shape index (κ2) is 13.9. The van der Waals surface area contributed by atoms with Gasteiger partial charge in [-0.15, -0.1) is 0 Å². The Kier molecular flexibility index (Phi) is 7.90. The molecule has 2 heteroatoms. The zero-order valence-corrected chi connectivity index (χ0v) is 35.9. The summed E-state index contributed by atoms with van der Waals surface area (Å²) in [7, 11) is 0. The molecule has 64 heavy (non-hydrogen) atoms. The van der Waals surface area contributed by atoms with Crippen molar-refractivity contribution < 1.29 is 0 Å². The van der Waals surface area contributed by atoms with Crippen LogP contribution in [0.15, 0.2) is 206 Å². The van der Waals surface area contributed by atoms with Crippen molar-refractivity contribution in [2.45, 2.75) is 37.5 Å². The monoisotopic (exact) mass is 820 g/mol. The van der Waals surface area contributed by atoms with E-state index < -0.39 is 0 Å². The maximum atomic E-state index is 2.57. The van der Waals surface area contributed by atoms with Crippen molar-refractivity contribution in [3.63, 3.8) is 0 Å². The van der Waals surface area contributed by atoms with Gasteiger partial charge in [-0.1, -0.05) is 152 Å². The van der Waals surface area contributed by atoms with Gasteiger partial charge in [0.15, 0.2) is 0 Å². The van der Waals surface area contributed by atoms with Crippen LogP contribution in [0.5, 0.6) is 0 Å². The van der Waals surface area contributed by atoms with Crippen LogP contribution in [-0.2, 0) is 5.41 Å². The SMILES string of the molecule is c1ccc(-c2ccc(N(c3cccc4c(-c5ccc6c(c5)-c5ccccc5C65C6CC7CC(C6)CC5C7)cccc34)c3cccc4c3c3ccccc3n4-c3ccccc3)cc2)cc1. The second-order valence-electron chi connectivity index (χ2n) is 19.3. The first-order valence-corrected chi connectivity index (χ1v) is 23.5. The van der Waals surface area contributed by atoms with Crippen LogP contribution < -0.4 is 4.90 Å². The van der Waals surface area contributed by atoms with E-state index in [9.17, 15) is 0 Å². The summed E-state index contributed by atoms with van der Waals surface area (Å²) in [5.41, 5.74) is 18.3. The van der Waals surface area contributed by atoms with Crippen LogP contribution in [0.25, 0.3) is 71.6 Å². The number of nitrogens with zero attached hydrogens (tertiary/aromatic N) is 2. The molecule has 10 aromatic rings. The third kappa shape index (κ3) is 5.14. The third-order valence-electron chi connectivity index (χ3n) is 16.2. The van der Waals surface area contributed by atoms with Gasteiger partial charge in [0.2, 0.25) is 0 Å². The van der Waals surface area contributed by atoms with E-state index in [-0.39, 0.29) is 5.41 Å². The van der Waals surface area contributed by atoms with Crippen molar-refractivity contribution in [2.24, 2.45) is 23.7 Å². The molecule has 1 heterocycles. The van der Waals surface area contributed by atoms with E-state index in [0.29, 0.717) is 0 Å². The molecule has 1 aromatic heterocycles. The molecule has 0 unspecified atom stereocenters. The smallest absolute Gasteiger partial charge is 0.0562 e. The van der Waals surface area contributed by atoms with Crippen molar-refractivity contribution in [2.75, 3.05) is 4.90 Å². The quantitative estimate of drug-likeness (QED) is 0.162. The summed E-state index contributed by atoms with van der Waals surface area (Å²) in [5.74, 6) is 3.39. The lowest BCUT2D eigenvalue weighted by atomic mass is 9.43. The number of aromatic nitrogens is 1. The standard InChI is InChI=1S/C62H48N2/c1-3-14-42(15-4-1)43-28-31-48(32-29-43)64(60-27-13-26-59-61(60)53-19-8-10-24-58(53)63(59)47-16-5-2-6-17-47)57-25-12-21-50-49(20-11-22-52(50)57)44-30-33-56-54(39-44)51-18-7-9-23-55(51)62(56)45-35-40-34-41(37-45)38-46(62)36-40/h1-33,39-41,45-46H,34-38H2. The van der Waals surface area contributed by atoms with Gasteiger partial charge in [-0.3, -0.25) is 0 Å². The summed E-state index contributed by atoms with van der Waals surface area (Å²) in [6, 6.07) is 77.4. The predicted molar refractivity (Wildman–Crippen MR) is 267 cm³/mol. The summed E-state index contributed by atoms with van der Waals surface area (Å²) in [6.45, 7) is 0. The zero-order valence-electron chi connectivity index (χ0n) is 35.9. The molecule has 2 nitrogen and oxygen atoms in total. The molecule has 0 N–H and O–H groups in total. The second-order valence-corrected chi connectivity index (χ2v) is 19.3. The van der Waals surface area contributed by atoms with Gasteiger partial charge in [-0.25, -0.2) is 0 Å². The first kappa shape index (κ1) is 36.3. The Morgan fingerprint density at radius 1 is 0.391 bits per heavy atom. The van der Waals surface area contributed by atoms with Gasteiger partial charge in [0.1, 0.15) is 0 Å². The van der Waals surface area contributed by atoms with Crippen LogP contribution >= 0.6 is 0 Å². The molecular formula is C62H48N2. The fourth-order valence-electron chi connectivity index (χ4n) is 13.9. The number of hydrogen-bond acceptors (Lipinski definition) is 1. The van der Waals surface area contributed by atoms with Gasteiger partial charge in [0, 0.05) is 32.9 Å². The minimum atomic E-state index is 0.172. The van der Waals surface area contributed by atoms with Gasteiger partial charge < -0.3 is 9.47 Å². The van der Waals surface area contributed by atoms with Crippen molar-refractivity contribution in [1.82, 2.24) is 4.57 Å². The van der Waals surface area contributed by atoms with Crippen LogP contribution in [0.3, 0.4) is 0 Å². The summed E-state index contributed by atoms with van der Waals surface area (Å²) >= 11 is 0. The first-order valence-electron chi connectivity index (χ1n) is 23.5. The van der Waals surface area contributed by atoms with E-state index in [4.69, 9.17) is 0 Å². The van der Waals surface area contributed by atoms with E-state index in [1.54, 1.807) is 11.1 Å². The van der Waals surface area contributed by atoms with Crippen LogP contribution in [0.2, 0.25) is 0 Å². The average molecular weight is 821 g/mol. The fraction of sp³-hybridized carbons (Fsp3) is 0.161. The summed E-state index contributed by atoms with van der Waals surface area (Å²) in [6.07, 6.45) is 7.09. The highest BCUT2D eigenvalue weighted by Gasteiger charge is 2.61. The molecule has 0 amide bonds. The molecule has 4 saturated carbocycles. The van der Waals surface area contributed by atoms with Gasteiger partial charge in [0.25, 0.3) is 0 Å². The lowest BCUT2D eigenvalue weighted by Crippen LogP contribution is -2.55. The number of para-hydroxylation sites is 2. The molecule has 0 atom stereocenters. The fourth-order valence-corrected chi connectivity index (χ4v) is 13.9. The molecule has 0 radical (unpaired) electrons. The highest BCUT2D eigenvalue weighted by Crippen LogP contribution is 2.69. The summed E-state index contributed by atoms with van der Waals surface area (Å²) < 4.78 is 2.42. The van der Waals surface area contributed by atoms with Crippen LogP contribution in [0.1, 0.15) is 43.2 Å². The van der Waals surface area contributed by atoms with Crippen LogP contribution in [0, 0.1) is 23.7 Å². The predicted octanol–water partition coefficient (Wildman–Crippen LogP) is 16.5. The van der Waals surface area contributed by atoms with Crippen molar-refractivity contribution in [3.8, 4) is 39.1 Å². The maximum absolute atomic E-state index is 2.57. The van der Waals surface area contributed by atoms with E-state index in [1.165, 1.54) is 98.1 Å². The zero-order chi connectivity index (χ0) is 41.9.